The van der Waals surface area contributed by atoms with Crippen LogP contribution in [0.25, 0.3) is 0 Å². The fraction of sp³-hybridized carbons (Fsp3) is 0.647. The number of nitrogens with zero attached hydrogens (tertiary/aromatic N) is 1. The molecule has 0 saturated heterocycles. The molecule has 0 amide bonds. The smallest absolute Gasteiger partial charge is 0.0900 e. The highest BCUT2D eigenvalue weighted by Crippen LogP contribution is 2.09. The lowest BCUT2D eigenvalue weighted by molar-refractivity contribution is -0.0576. The van der Waals surface area contributed by atoms with Gasteiger partial charge in [0.25, 0.3) is 0 Å². The monoisotopic (exact) mass is 295 g/mol. The average Bonchev–Trinajstić information content (AvgIpc) is 2.43. The quantitative estimate of drug-likeness (QED) is 0.759. The number of methoxy groups -OCH3 is 1. The summed E-state index contributed by atoms with van der Waals surface area (Å²) >= 11 is 0. The Kier molecular flexibility index (Phi) is 7.89. The summed E-state index contributed by atoms with van der Waals surface area (Å²) < 4.78 is 10.8. The van der Waals surface area contributed by atoms with Crippen LogP contribution < -0.4 is 0 Å². The Morgan fingerprint density at radius 3 is 2.43 bits per heavy atom. The molecule has 1 N–H and O–H groups in total. The predicted molar refractivity (Wildman–Crippen MR) is 85.3 cm³/mol. The number of hydrogen-bond acceptors (Lipinski definition) is 4. The Bertz CT molecular complexity index is 375. The third kappa shape index (κ3) is 8.83. The van der Waals surface area contributed by atoms with Crippen LogP contribution in [0.15, 0.2) is 30.3 Å². The largest absolute Gasteiger partial charge is 0.389 e. The van der Waals surface area contributed by atoms with Gasteiger partial charge in [-0.25, -0.2) is 0 Å². The fourth-order valence-electron chi connectivity index (χ4n) is 1.99. The van der Waals surface area contributed by atoms with E-state index in [-0.39, 0.29) is 5.60 Å². The summed E-state index contributed by atoms with van der Waals surface area (Å²) in [5.41, 5.74) is 1.01. The summed E-state index contributed by atoms with van der Waals surface area (Å²) in [5.74, 6) is 0. The number of aliphatic hydroxyl groups excluding tert-OH is 1. The second kappa shape index (κ2) is 9.15. The summed E-state index contributed by atoms with van der Waals surface area (Å²) in [6, 6.07) is 10.3. The second-order valence-electron chi connectivity index (χ2n) is 6.29. The topological polar surface area (TPSA) is 41.9 Å². The molecule has 4 heteroatoms. The maximum Gasteiger partial charge on any atom is 0.0900 e. The first kappa shape index (κ1) is 18.1. The normalized spacial score (nSPS) is 13.6. The number of ether oxygens (including phenoxy) is 2. The van der Waals surface area contributed by atoms with Crippen molar-refractivity contribution >= 4 is 0 Å². The predicted octanol–water partition coefficient (Wildman–Crippen LogP) is 2.31. The lowest BCUT2D eigenvalue weighted by Gasteiger charge is -2.27. The first-order valence-corrected chi connectivity index (χ1v) is 7.48. The van der Waals surface area contributed by atoms with Gasteiger partial charge in [0, 0.05) is 26.7 Å². The Morgan fingerprint density at radius 1 is 1.19 bits per heavy atom. The van der Waals surface area contributed by atoms with Crippen molar-refractivity contribution in [3.63, 3.8) is 0 Å². The van der Waals surface area contributed by atoms with Crippen LogP contribution in [-0.2, 0) is 16.0 Å². The molecule has 0 spiro atoms. The lowest BCUT2D eigenvalue weighted by Crippen LogP contribution is -2.38. The van der Waals surface area contributed by atoms with Crippen LogP contribution in [0.5, 0.6) is 0 Å². The van der Waals surface area contributed by atoms with Crippen molar-refractivity contribution in [2.24, 2.45) is 0 Å². The van der Waals surface area contributed by atoms with E-state index in [2.05, 4.69) is 17.0 Å². The van der Waals surface area contributed by atoms with E-state index in [1.54, 1.807) is 7.11 Å². The lowest BCUT2D eigenvalue weighted by atomic mass is 10.2. The van der Waals surface area contributed by atoms with Crippen LogP contribution in [0.1, 0.15) is 26.3 Å². The maximum absolute atomic E-state index is 10.2. The van der Waals surface area contributed by atoms with Crippen molar-refractivity contribution < 1.29 is 14.6 Å². The number of benzene rings is 1. The summed E-state index contributed by atoms with van der Waals surface area (Å²) in [6.07, 6.45) is -0.496. The molecule has 0 aromatic heterocycles. The molecule has 0 radical (unpaired) electrons. The van der Waals surface area contributed by atoms with Gasteiger partial charge >= 0.3 is 0 Å². The molecule has 0 bridgehead atoms. The van der Waals surface area contributed by atoms with Crippen molar-refractivity contribution in [1.29, 1.82) is 0 Å². The van der Waals surface area contributed by atoms with E-state index in [0.29, 0.717) is 19.8 Å². The summed E-state index contributed by atoms with van der Waals surface area (Å²) in [5, 5.41) is 10.2. The number of rotatable bonds is 9. The first-order valence-electron chi connectivity index (χ1n) is 7.48. The van der Waals surface area contributed by atoms with Gasteiger partial charge in [-0.3, -0.25) is 4.90 Å². The molecule has 0 aliphatic rings. The van der Waals surface area contributed by atoms with Gasteiger partial charge in [0.05, 0.1) is 24.9 Å². The molecule has 21 heavy (non-hydrogen) atoms. The molecule has 0 saturated carbocycles. The van der Waals surface area contributed by atoms with Crippen LogP contribution in [0.3, 0.4) is 0 Å². The number of hydrogen-bond donors (Lipinski definition) is 1. The van der Waals surface area contributed by atoms with Gasteiger partial charge in [-0.15, -0.1) is 0 Å². The molecule has 1 aromatic carbocycles. The third-order valence-corrected chi connectivity index (χ3v) is 3.04. The minimum Gasteiger partial charge on any atom is -0.389 e. The van der Waals surface area contributed by atoms with E-state index < -0.39 is 6.10 Å². The zero-order valence-corrected chi connectivity index (χ0v) is 13.7. The Balaban J connectivity index is 2.49. The Hall–Kier alpha value is -0.940. The minimum atomic E-state index is -0.496. The zero-order chi connectivity index (χ0) is 15.7. The number of aliphatic hydroxyl groups is 1. The minimum absolute atomic E-state index is 0.224. The van der Waals surface area contributed by atoms with Crippen LogP contribution in [0, 0.1) is 0 Å². The Labute approximate surface area is 128 Å². The van der Waals surface area contributed by atoms with Gasteiger partial charge in [0.15, 0.2) is 0 Å². The van der Waals surface area contributed by atoms with Gasteiger partial charge in [-0.1, -0.05) is 30.3 Å². The van der Waals surface area contributed by atoms with E-state index in [9.17, 15) is 5.11 Å². The maximum atomic E-state index is 10.2. The van der Waals surface area contributed by atoms with E-state index in [1.807, 2.05) is 39.0 Å². The molecule has 0 unspecified atom stereocenters. The third-order valence-electron chi connectivity index (χ3n) is 3.04. The van der Waals surface area contributed by atoms with Crippen LogP contribution in [0.2, 0.25) is 0 Å². The second-order valence-corrected chi connectivity index (χ2v) is 6.29. The molecule has 0 aliphatic heterocycles. The van der Waals surface area contributed by atoms with Crippen molar-refractivity contribution in [2.45, 2.75) is 39.0 Å². The van der Waals surface area contributed by atoms with Gasteiger partial charge in [0.1, 0.15) is 0 Å². The fourth-order valence-corrected chi connectivity index (χ4v) is 1.99. The molecule has 0 heterocycles. The molecule has 1 aromatic rings. The highest BCUT2D eigenvalue weighted by Gasteiger charge is 2.16. The molecule has 0 aliphatic carbocycles. The zero-order valence-electron chi connectivity index (χ0n) is 13.7. The van der Waals surface area contributed by atoms with Gasteiger partial charge < -0.3 is 14.6 Å². The molecule has 4 nitrogen and oxygen atoms in total. The van der Waals surface area contributed by atoms with Crippen molar-refractivity contribution in [3.05, 3.63) is 35.9 Å². The van der Waals surface area contributed by atoms with Gasteiger partial charge in [-0.05, 0) is 26.3 Å². The van der Waals surface area contributed by atoms with Crippen molar-refractivity contribution in [1.82, 2.24) is 4.90 Å². The van der Waals surface area contributed by atoms with E-state index in [4.69, 9.17) is 9.47 Å². The van der Waals surface area contributed by atoms with Crippen LogP contribution in [-0.4, -0.2) is 55.1 Å². The van der Waals surface area contributed by atoms with Crippen LogP contribution >= 0.6 is 0 Å². The molecular formula is C17H29NO3. The standard InChI is InChI=1S/C17H29NO3/c1-17(2,3)21-14-16(19)13-18(10-11-20-4)12-15-8-6-5-7-9-15/h5-9,16,19H,10-14H2,1-4H3/t16-/m0/s1. The Morgan fingerprint density at radius 2 is 1.86 bits per heavy atom. The summed E-state index contributed by atoms with van der Waals surface area (Å²) in [6.45, 7) is 9.15. The van der Waals surface area contributed by atoms with E-state index >= 15 is 0 Å². The summed E-state index contributed by atoms with van der Waals surface area (Å²) in [7, 11) is 1.69. The van der Waals surface area contributed by atoms with Crippen molar-refractivity contribution in [3.8, 4) is 0 Å². The highest BCUT2D eigenvalue weighted by molar-refractivity contribution is 5.14. The summed E-state index contributed by atoms with van der Waals surface area (Å²) in [4.78, 5) is 2.19. The van der Waals surface area contributed by atoms with Crippen molar-refractivity contribution in [2.75, 3.05) is 33.4 Å². The SMILES string of the molecule is COCCN(Cc1ccccc1)C[C@H](O)COC(C)(C)C. The highest BCUT2D eigenvalue weighted by atomic mass is 16.5. The van der Waals surface area contributed by atoms with Gasteiger partial charge in [-0.2, -0.15) is 0 Å². The molecule has 1 atom stereocenters. The molecule has 0 fully saturated rings. The molecule has 120 valence electrons. The van der Waals surface area contributed by atoms with Crippen LogP contribution in [0.4, 0.5) is 0 Å². The average molecular weight is 295 g/mol. The molecular weight excluding hydrogens is 266 g/mol. The van der Waals surface area contributed by atoms with Gasteiger partial charge in [0.2, 0.25) is 0 Å². The first-order chi connectivity index (χ1) is 9.90. The van der Waals surface area contributed by atoms with E-state index in [1.165, 1.54) is 5.56 Å². The molecule has 1 rings (SSSR count). The van der Waals surface area contributed by atoms with E-state index in [0.717, 1.165) is 13.1 Å².